The van der Waals surface area contributed by atoms with Gasteiger partial charge in [0.2, 0.25) is 5.43 Å². The van der Waals surface area contributed by atoms with Crippen LogP contribution in [0.25, 0.3) is 16.7 Å². The number of pyridine rings is 2. The van der Waals surface area contributed by atoms with Crippen LogP contribution < -0.4 is 15.6 Å². The van der Waals surface area contributed by atoms with Crippen molar-refractivity contribution in [3.8, 4) is 5.69 Å². The molecule has 1 aliphatic heterocycles. The number of aliphatic hydroxyl groups is 2. The lowest BCUT2D eigenvalue weighted by molar-refractivity contribution is -0.0326. The van der Waals surface area contributed by atoms with Crippen molar-refractivity contribution in [2.75, 3.05) is 24.6 Å². The van der Waals surface area contributed by atoms with E-state index in [-0.39, 0.29) is 34.4 Å². The minimum atomic E-state index is -1.15. The van der Waals surface area contributed by atoms with Crippen molar-refractivity contribution in [3.63, 3.8) is 0 Å². The van der Waals surface area contributed by atoms with E-state index in [2.05, 4.69) is 5.32 Å². The maximum absolute atomic E-state index is 15.1. The highest BCUT2D eigenvalue weighted by Gasteiger charge is 2.56. The molecule has 4 aliphatic carbocycles. The van der Waals surface area contributed by atoms with E-state index in [9.17, 15) is 24.2 Å². The fourth-order valence-corrected chi connectivity index (χ4v) is 7.97. The van der Waals surface area contributed by atoms with Gasteiger partial charge in [-0.15, -0.1) is 0 Å². The number of carbonyl (C=O) groups is 1. The third-order valence-electron chi connectivity index (χ3n) is 9.87. The molecular weight excluding hydrogens is 518 g/mol. The molecule has 0 radical (unpaired) electrons. The first-order valence-corrected chi connectivity index (χ1v) is 14.1. The molecule has 40 heavy (non-hydrogen) atoms. The average Bonchev–Trinajstić information content (AvgIpc) is 3.35. The van der Waals surface area contributed by atoms with Gasteiger partial charge in [-0.1, -0.05) is 0 Å². The van der Waals surface area contributed by atoms with Crippen LogP contribution in [0.15, 0.2) is 41.3 Å². The number of rotatable bonds is 5. The molecule has 5 aliphatic rings. The molecule has 210 valence electrons. The van der Waals surface area contributed by atoms with Crippen LogP contribution in [0.3, 0.4) is 0 Å². The number of nitrogens with one attached hydrogen (secondary N) is 1. The molecule has 2 aromatic heterocycles. The number of anilines is 1. The molecule has 3 aromatic rings. The summed E-state index contributed by atoms with van der Waals surface area (Å²) in [4.78, 5) is 34.0. The SMILES string of the molecule is O=C(NC12CC3CC(C1)C(C3)C2)c1cn(-c2ccc(F)cc2F)c2nc(N3CCC(O)(CO)CC3)ccc2c1=O. The Balaban J connectivity index is 1.30. The van der Waals surface area contributed by atoms with E-state index >= 15 is 4.39 Å². The van der Waals surface area contributed by atoms with Crippen LogP contribution in [0.5, 0.6) is 0 Å². The van der Waals surface area contributed by atoms with E-state index < -0.39 is 28.6 Å². The van der Waals surface area contributed by atoms with E-state index in [0.29, 0.717) is 49.5 Å². The highest BCUT2D eigenvalue weighted by atomic mass is 19.1. The minimum Gasteiger partial charge on any atom is -0.393 e. The Labute approximate surface area is 229 Å². The Morgan fingerprint density at radius 2 is 1.80 bits per heavy atom. The molecule has 0 spiro atoms. The Hall–Kier alpha value is -3.37. The van der Waals surface area contributed by atoms with Gasteiger partial charge in [-0.2, -0.15) is 0 Å². The highest BCUT2D eigenvalue weighted by molar-refractivity contribution is 5.98. The zero-order valence-corrected chi connectivity index (χ0v) is 22.1. The first kappa shape index (κ1) is 25.6. The van der Waals surface area contributed by atoms with Gasteiger partial charge < -0.3 is 20.4 Å². The number of amides is 1. The largest absolute Gasteiger partial charge is 0.393 e. The summed E-state index contributed by atoms with van der Waals surface area (Å²) in [6.45, 7) is 0.524. The number of hydrogen-bond donors (Lipinski definition) is 3. The second kappa shape index (κ2) is 9.07. The van der Waals surface area contributed by atoms with Gasteiger partial charge in [0.25, 0.3) is 5.91 Å². The standard InChI is InChI=1S/C30H32F2N4O4/c31-20-1-3-24(23(32)11-20)36-15-22(28(39)34-29-12-17-9-18(13-29)19(10-17)14-29)26(38)21-2-4-25(33-27(21)36)35-7-5-30(40,16-37)6-8-35/h1-4,11,15,17-19,37,40H,5-10,12-14,16H2,(H,34,39). The first-order valence-electron chi connectivity index (χ1n) is 14.1. The van der Waals surface area contributed by atoms with Gasteiger partial charge in [0.05, 0.1) is 23.3 Å². The van der Waals surface area contributed by atoms with E-state index in [4.69, 9.17) is 4.98 Å². The summed E-state index contributed by atoms with van der Waals surface area (Å²) >= 11 is 0. The van der Waals surface area contributed by atoms with Crippen molar-refractivity contribution >= 4 is 22.8 Å². The highest BCUT2D eigenvalue weighted by Crippen LogP contribution is 2.59. The van der Waals surface area contributed by atoms with Gasteiger partial charge in [0.15, 0.2) is 5.65 Å². The summed E-state index contributed by atoms with van der Waals surface area (Å²) in [5, 5.41) is 23.3. The lowest BCUT2D eigenvalue weighted by Gasteiger charge is -2.39. The van der Waals surface area contributed by atoms with Crippen LogP contribution in [0.4, 0.5) is 14.6 Å². The summed E-state index contributed by atoms with van der Waals surface area (Å²) in [5.74, 6) is 0.321. The maximum atomic E-state index is 15.1. The topological polar surface area (TPSA) is 108 Å². The molecule has 4 bridgehead atoms. The number of aliphatic hydroxyl groups excluding tert-OH is 1. The van der Waals surface area contributed by atoms with Gasteiger partial charge in [0.1, 0.15) is 23.0 Å². The van der Waals surface area contributed by atoms with E-state index in [1.54, 1.807) is 12.1 Å². The molecule has 3 heterocycles. The Morgan fingerprint density at radius 1 is 1.07 bits per heavy atom. The lowest BCUT2D eigenvalue weighted by Crippen LogP contribution is -2.51. The van der Waals surface area contributed by atoms with E-state index in [0.717, 1.165) is 31.4 Å². The smallest absolute Gasteiger partial charge is 0.257 e. The van der Waals surface area contributed by atoms with Crippen LogP contribution in [0.1, 0.15) is 55.3 Å². The molecule has 5 fully saturated rings. The summed E-state index contributed by atoms with van der Waals surface area (Å²) < 4.78 is 30.2. The number of carbonyl (C=O) groups excluding carboxylic acids is 1. The fourth-order valence-electron chi connectivity index (χ4n) is 7.97. The van der Waals surface area contributed by atoms with Gasteiger partial charge >= 0.3 is 0 Å². The molecule has 2 unspecified atom stereocenters. The number of hydrogen-bond acceptors (Lipinski definition) is 6. The number of aromatic nitrogens is 2. The average molecular weight is 551 g/mol. The second-order valence-electron chi connectivity index (χ2n) is 12.5. The summed E-state index contributed by atoms with van der Waals surface area (Å²) in [6, 6.07) is 6.41. The fraction of sp³-hybridized carbons (Fsp3) is 0.500. The zero-order chi connectivity index (χ0) is 27.8. The van der Waals surface area contributed by atoms with Crippen LogP contribution in [-0.4, -0.2) is 56.5 Å². The summed E-state index contributed by atoms with van der Waals surface area (Å²) in [5.41, 5.74) is -1.93. The Morgan fingerprint density at radius 3 is 2.45 bits per heavy atom. The van der Waals surface area contributed by atoms with Crippen molar-refractivity contribution in [2.24, 2.45) is 17.8 Å². The monoisotopic (exact) mass is 550 g/mol. The lowest BCUT2D eigenvalue weighted by atomic mass is 9.75. The number of fused-ring (bicyclic) bond motifs is 1. The van der Waals surface area contributed by atoms with Gasteiger partial charge in [0, 0.05) is 30.9 Å². The van der Waals surface area contributed by atoms with E-state index in [1.807, 2.05) is 4.90 Å². The molecule has 3 N–H and O–H groups in total. The van der Waals surface area contributed by atoms with Crippen LogP contribution in [-0.2, 0) is 0 Å². The minimum absolute atomic E-state index is 0.0311. The van der Waals surface area contributed by atoms with Crippen molar-refractivity contribution in [1.29, 1.82) is 0 Å². The third-order valence-corrected chi connectivity index (χ3v) is 9.87. The second-order valence-corrected chi connectivity index (χ2v) is 12.5. The van der Waals surface area contributed by atoms with Crippen molar-refractivity contribution in [3.05, 3.63) is 63.9 Å². The van der Waals surface area contributed by atoms with Crippen LogP contribution in [0.2, 0.25) is 0 Å². The third kappa shape index (κ3) is 4.11. The molecule has 4 saturated carbocycles. The predicted molar refractivity (Wildman–Crippen MR) is 144 cm³/mol. The molecule has 1 amide bonds. The van der Waals surface area contributed by atoms with Crippen molar-refractivity contribution in [2.45, 2.75) is 56.1 Å². The van der Waals surface area contributed by atoms with E-state index in [1.165, 1.54) is 29.7 Å². The number of halogens is 2. The molecule has 1 aromatic carbocycles. The molecule has 1 saturated heterocycles. The molecule has 8 nitrogen and oxygen atoms in total. The number of piperidine rings is 1. The predicted octanol–water partition coefficient (Wildman–Crippen LogP) is 3.30. The number of benzene rings is 1. The van der Waals surface area contributed by atoms with Gasteiger partial charge in [-0.3, -0.25) is 14.2 Å². The zero-order valence-electron chi connectivity index (χ0n) is 22.1. The first-order chi connectivity index (χ1) is 19.2. The van der Waals surface area contributed by atoms with Crippen LogP contribution >= 0.6 is 0 Å². The molecule has 10 heteroatoms. The van der Waals surface area contributed by atoms with Gasteiger partial charge in [-0.05, 0) is 87.0 Å². The van der Waals surface area contributed by atoms with Gasteiger partial charge in [-0.25, -0.2) is 13.8 Å². The Bertz CT molecular complexity index is 1560. The van der Waals surface area contributed by atoms with Crippen LogP contribution in [0, 0.1) is 29.4 Å². The quantitative estimate of drug-likeness (QED) is 0.450. The van der Waals surface area contributed by atoms with Crippen molar-refractivity contribution < 1.29 is 23.8 Å². The molecule has 2 atom stereocenters. The molecular formula is C30H32F2N4O4. The Kier molecular flexibility index (Phi) is 5.80. The summed E-state index contributed by atoms with van der Waals surface area (Å²) in [6.07, 6.45) is 7.23. The number of nitrogens with zero attached hydrogens (tertiary/aromatic N) is 3. The van der Waals surface area contributed by atoms with Crippen molar-refractivity contribution in [1.82, 2.24) is 14.9 Å². The molecule has 8 rings (SSSR count). The maximum Gasteiger partial charge on any atom is 0.257 e. The summed E-state index contributed by atoms with van der Waals surface area (Å²) in [7, 11) is 0. The normalized spacial score (nSPS) is 28.4.